The Morgan fingerprint density at radius 2 is 1.55 bits per heavy atom. The van der Waals surface area contributed by atoms with Gasteiger partial charge in [-0.1, -0.05) is 0 Å². The van der Waals surface area contributed by atoms with E-state index in [-0.39, 0.29) is 0 Å². The van der Waals surface area contributed by atoms with Gasteiger partial charge >= 0.3 is 15.2 Å². The number of alkyl halides is 4. The van der Waals surface area contributed by atoms with E-state index in [1.807, 2.05) is 0 Å². The fourth-order valence-corrected chi connectivity index (χ4v) is 0.617. The standard InChI is InChI=1S/C2H4F4O4Si/c3-1(2(4,5)6)10-11(7,8)9/h1,7-9H. The molecule has 0 aromatic heterocycles. The summed E-state index contributed by atoms with van der Waals surface area (Å²) in [5, 5.41) is 0. The summed E-state index contributed by atoms with van der Waals surface area (Å²) < 4.78 is 47.9. The molecule has 0 saturated heterocycles. The Morgan fingerprint density at radius 3 is 1.64 bits per heavy atom. The number of rotatable bonds is 2. The lowest BCUT2D eigenvalue weighted by atomic mass is 10.7. The molecule has 0 aromatic carbocycles. The summed E-state index contributed by atoms with van der Waals surface area (Å²) >= 11 is 0. The molecule has 9 heteroatoms. The van der Waals surface area contributed by atoms with Crippen LogP contribution in [-0.2, 0) is 4.43 Å². The van der Waals surface area contributed by atoms with Crippen molar-refractivity contribution in [3.8, 4) is 0 Å². The molecule has 0 bridgehead atoms. The maximum atomic E-state index is 11.6. The second-order valence-electron chi connectivity index (χ2n) is 1.55. The van der Waals surface area contributed by atoms with Crippen molar-refractivity contribution in [3.63, 3.8) is 0 Å². The minimum atomic E-state index is -5.43. The van der Waals surface area contributed by atoms with Gasteiger partial charge in [0.1, 0.15) is 0 Å². The van der Waals surface area contributed by atoms with Crippen molar-refractivity contribution in [3.05, 3.63) is 0 Å². The van der Waals surface area contributed by atoms with Crippen LogP contribution in [-0.4, -0.2) is 36.0 Å². The minimum Gasteiger partial charge on any atom is -0.368 e. The Morgan fingerprint density at radius 1 is 1.18 bits per heavy atom. The van der Waals surface area contributed by atoms with Crippen LogP contribution >= 0.6 is 0 Å². The molecular weight excluding hydrogens is 192 g/mol. The van der Waals surface area contributed by atoms with Crippen LogP contribution in [0.3, 0.4) is 0 Å². The van der Waals surface area contributed by atoms with E-state index in [1.54, 1.807) is 0 Å². The quantitative estimate of drug-likeness (QED) is 0.402. The zero-order valence-electron chi connectivity index (χ0n) is 4.84. The van der Waals surface area contributed by atoms with Crippen LogP contribution in [0, 0.1) is 0 Å². The monoisotopic (exact) mass is 196 g/mol. The smallest absolute Gasteiger partial charge is 0.368 e. The van der Waals surface area contributed by atoms with Crippen LogP contribution < -0.4 is 0 Å². The third kappa shape index (κ3) is 5.09. The number of hydrogen-bond acceptors (Lipinski definition) is 4. The highest BCUT2D eigenvalue weighted by Gasteiger charge is 2.48. The Bertz CT molecular complexity index is 129. The lowest BCUT2D eigenvalue weighted by Crippen LogP contribution is -2.45. The molecule has 68 valence electrons. The van der Waals surface area contributed by atoms with E-state index in [0.29, 0.717) is 0 Å². The highest BCUT2D eigenvalue weighted by molar-refractivity contribution is 6.48. The first-order chi connectivity index (χ1) is 4.63. The molecule has 0 aliphatic rings. The molecule has 0 aromatic rings. The van der Waals surface area contributed by atoms with E-state index in [2.05, 4.69) is 4.43 Å². The molecule has 0 rings (SSSR count). The van der Waals surface area contributed by atoms with Crippen LogP contribution in [0.4, 0.5) is 17.6 Å². The molecule has 0 amide bonds. The van der Waals surface area contributed by atoms with Crippen LogP contribution in [0.2, 0.25) is 0 Å². The molecular formula is C2H4F4O4Si. The number of halogens is 4. The van der Waals surface area contributed by atoms with Gasteiger partial charge in [0, 0.05) is 0 Å². The summed E-state index contributed by atoms with van der Waals surface area (Å²) in [5.41, 5.74) is 0. The van der Waals surface area contributed by atoms with E-state index in [4.69, 9.17) is 14.4 Å². The van der Waals surface area contributed by atoms with E-state index in [9.17, 15) is 17.6 Å². The second-order valence-corrected chi connectivity index (χ2v) is 2.93. The average Bonchev–Trinajstić information content (AvgIpc) is 1.56. The topological polar surface area (TPSA) is 69.9 Å². The molecule has 0 aliphatic heterocycles. The largest absolute Gasteiger partial charge is 0.673 e. The van der Waals surface area contributed by atoms with Crippen molar-refractivity contribution >= 4 is 9.05 Å². The molecule has 0 spiro atoms. The summed E-state index contributed by atoms with van der Waals surface area (Å²) in [7, 11) is -5.43. The molecule has 1 atom stereocenters. The Labute approximate surface area is 59.1 Å². The van der Waals surface area contributed by atoms with Gasteiger partial charge in [-0.2, -0.15) is 13.2 Å². The second kappa shape index (κ2) is 3.03. The first-order valence-electron chi connectivity index (χ1n) is 2.18. The molecule has 3 N–H and O–H groups in total. The van der Waals surface area contributed by atoms with Gasteiger partial charge in [-0.3, -0.25) is 0 Å². The predicted octanol–water partition coefficient (Wildman–Crippen LogP) is -0.727. The molecule has 0 radical (unpaired) electrons. The van der Waals surface area contributed by atoms with Gasteiger partial charge in [0.25, 0.3) is 6.36 Å². The van der Waals surface area contributed by atoms with Gasteiger partial charge in [-0.15, -0.1) is 0 Å². The van der Waals surface area contributed by atoms with Gasteiger partial charge in [-0.25, -0.2) is 4.39 Å². The van der Waals surface area contributed by atoms with E-state index >= 15 is 0 Å². The maximum Gasteiger partial charge on any atom is 0.673 e. The molecule has 1 unspecified atom stereocenters. The molecule has 0 heterocycles. The van der Waals surface area contributed by atoms with Gasteiger partial charge in [-0.05, 0) is 0 Å². The van der Waals surface area contributed by atoms with Crippen molar-refractivity contribution < 1.29 is 36.4 Å². The summed E-state index contributed by atoms with van der Waals surface area (Å²) in [6, 6.07) is 0. The normalized spacial score (nSPS) is 16.6. The van der Waals surface area contributed by atoms with Crippen molar-refractivity contribution in [2.75, 3.05) is 0 Å². The molecule has 0 aliphatic carbocycles. The Kier molecular flexibility index (Phi) is 2.96. The van der Waals surface area contributed by atoms with E-state index in [1.165, 1.54) is 0 Å². The van der Waals surface area contributed by atoms with Gasteiger partial charge < -0.3 is 18.8 Å². The van der Waals surface area contributed by atoms with E-state index in [0.717, 1.165) is 0 Å². The minimum absolute atomic E-state index is 2.82. The van der Waals surface area contributed by atoms with Crippen molar-refractivity contribution in [1.82, 2.24) is 0 Å². The lowest BCUT2D eigenvalue weighted by molar-refractivity contribution is -0.253. The first-order valence-corrected chi connectivity index (χ1v) is 3.93. The summed E-state index contributed by atoms with van der Waals surface area (Å²) in [5.74, 6) is 0. The first kappa shape index (κ1) is 10.8. The van der Waals surface area contributed by atoms with Crippen molar-refractivity contribution in [2.45, 2.75) is 12.5 Å². The highest BCUT2D eigenvalue weighted by Crippen LogP contribution is 2.24. The zero-order valence-corrected chi connectivity index (χ0v) is 5.84. The zero-order chi connectivity index (χ0) is 9.28. The highest BCUT2D eigenvalue weighted by atomic mass is 28.4. The molecule has 4 nitrogen and oxygen atoms in total. The fourth-order valence-electron chi connectivity index (χ4n) is 0.206. The Balaban J connectivity index is 3.99. The maximum absolute atomic E-state index is 11.6. The van der Waals surface area contributed by atoms with Crippen LogP contribution in [0.5, 0.6) is 0 Å². The predicted molar refractivity (Wildman–Crippen MR) is 24.4 cm³/mol. The van der Waals surface area contributed by atoms with Crippen LogP contribution in [0.15, 0.2) is 0 Å². The molecule has 11 heavy (non-hydrogen) atoms. The third-order valence-corrected chi connectivity index (χ3v) is 1.04. The number of hydrogen-bond donors (Lipinski definition) is 3. The summed E-state index contributed by atoms with van der Waals surface area (Å²) in [6.07, 6.45) is -9.25. The van der Waals surface area contributed by atoms with Crippen LogP contribution in [0.1, 0.15) is 0 Å². The van der Waals surface area contributed by atoms with Crippen molar-refractivity contribution in [2.24, 2.45) is 0 Å². The fraction of sp³-hybridized carbons (Fsp3) is 1.00. The summed E-state index contributed by atoms with van der Waals surface area (Å²) in [6.45, 7) is 0. The molecule has 0 fully saturated rings. The van der Waals surface area contributed by atoms with Gasteiger partial charge in [0.15, 0.2) is 0 Å². The van der Waals surface area contributed by atoms with E-state index < -0.39 is 21.6 Å². The average molecular weight is 196 g/mol. The van der Waals surface area contributed by atoms with Gasteiger partial charge in [0.05, 0.1) is 0 Å². The van der Waals surface area contributed by atoms with Crippen LogP contribution in [0.25, 0.3) is 0 Å². The molecule has 0 saturated carbocycles. The lowest BCUT2D eigenvalue weighted by Gasteiger charge is -2.16. The van der Waals surface area contributed by atoms with Gasteiger partial charge in [0.2, 0.25) is 0 Å². The SMILES string of the molecule is O[Si](O)(O)OC(F)C(F)(F)F. The Hall–Kier alpha value is -0.223. The summed E-state index contributed by atoms with van der Waals surface area (Å²) in [4.78, 5) is 23.5. The van der Waals surface area contributed by atoms with Crippen molar-refractivity contribution in [1.29, 1.82) is 0 Å². The third-order valence-electron chi connectivity index (χ3n) is 0.519.